The second-order valence-corrected chi connectivity index (χ2v) is 10.1. The molecule has 37 heavy (non-hydrogen) atoms. The average Bonchev–Trinajstić information content (AvgIpc) is 3.18. The van der Waals surface area contributed by atoms with Gasteiger partial charge in [0.25, 0.3) is 5.91 Å². The third kappa shape index (κ3) is 4.51. The first-order chi connectivity index (χ1) is 17.8. The molecule has 1 unspecified atom stereocenters. The fourth-order valence-corrected chi connectivity index (χ4v) is 5.09. The van der Waals surface area contributed by atoms with Crippen molar-refractivity contribution in [3.8, 4) is 11.5 Å². The van der Waals surface area contributed by atoms with Crippen LogP contribution in [0, 0.1) is 6.92 Å². The minimum absolute atomic E-state index is 0.0192. The Bertz CT molecular complexity index is 1580. The minimum Gasteiger partial charge on any atom is -0.490 e. The predicted molar refractivity (Wildman–Crippen MR) is 148 cm³/mol. The van der Waals surface area contributed by atoms with Crippen LogP contribution < -0.4 is 19.8 Å². The molecule has 1 atom stereocenters. The van der Waals surface area contributed by atoms with Crippen LogP contribution in [-0.2, 0) is 0 Å². The van der Waals surface area contributed by atoms with Crippen molar-refractivity contribution in [2.45, 2.75) is 33.2 Å². The molecule has 0 spiro atoms. The monoisotopic (exact) mass is 581 g/mol. The van der Waals surface area contributed by atoms with Gasteiger partial charge in [-0.1, -0.05) is 46.6 Å². The molecule has 8 heteroatoms. The van der Waals surface area contributed by atoms with Crippen LogP contribution in [0.1, 0.15) is 53.6 Å². The number of nitrogens with zero attached hydrogens (tertiary/aromatic N) is 1. The minimum atomic E-state index is -0.750. The summed E-state index contributed by atoms with van der Waals surface area (Å²) in [5.41, 5.74) is 2.50. The fourth-order valence-electron chi connectivity index (χ4n) is 4.55. The number of ether oxygens (including phenoxy) is 2. The van der Waals surface area contributed by atoms with E-state index in [1.165, 1.54) is 0 Å². The summed E-state index contributed by atoms with van der Waals surface area (Å²) in [6, 6.07) is 15.3. The summed E-state index contributed by atoms with van der Waals surface area (Å²) in [4.78, 5) is 29.3. The Morgan fingerprint density at radius 2 is 1.81 bits per heavy atom. The van der Waals surface area contributed by atoms with E-state index in [1.54, 1.807) is 29.2 Å². The largest absolute Gasteiger partial charge is 0.490 e. The number of carbonyl (C=O) groups excluding carboxylic acids is 1. The maximum atomic E-state index is 13.9. The van der Waals surface area contributed by atoms with Crippen LogP contribution in [-0.4, -0.2) is 19.1 Å². The number of carbonyl (C=O) groups is 1. The summed E-state index contributed by atoms with van der Waals surface area (Å²) in [5.74, 6) is 0.762. The molecule has 0 radical (unpaired) electrons. The van der Waals surface area contributed by atoms with Crippen molar-refractivity contribution in [1.29, 1.82) is 0 Å². The maximum absolute atomic E-state index is 13.9. The van der Waals surface area contributed by atoms with Crippen LogP contribution in [0.15, 0.2) is 68.3 Å². The molecule has 2 heterocycles. The highest BCUT2D eigenvalue weighted by Gasteiger charge is 2.44. The van der Waals surface area contributed by atoms with Gasteiger partial charge in [-0.2, -0.15) is 0 Å². The lowest BCUT2D eigenvalue weighted by Crippen LogP contribution is -2.29. The van der Waals surface area contributed by atoms with Crippen molar-refractivity contribution in [2.24, 2.45) is 0 Å². The van der Waals surface area contributed by atoms with Crippen molar-refractivity contribution in [2.75, 3.05) is 18.1 Å². The summed E-state index contributed by atoms with van der Waals surface area (Å²) in [5, 5.41) is 0.911. The Morgan fingerprint density at radius 1 is 1.00 bits per heavy atom. The molecule has 3 aromatic carbocycles. The number of hydrogen-bond donors (Lipinski definition) is 0. The predicted octanol–water partition coefficient (Wildman–Crippen LogP) is 7.45. The van der Waals surface area contributed by atoms with Gasteiger partial charge in [0.1, 0.15) is 5.58 Å². The molecule has 190 valence electrons. The van der Waals surface area contributed by atoms with Gasteiger partial charge in [0.2, 0.25) is 5.76 Å². The molecule has 0 fully saturated rings. The Labute approximate surface area is 227 Å². The lowest BCUT2D eigenvalue weighted by atomic mass is 9.97. The van der Waals surface area contributed by atoms with Gasteiger partial charge in [0.15, 0.2) is 16.9 Å². The van der Waals surface area contributed by atoms with E-state index in [-0.39, 0.29) is 16.8 Å². The summed E-state index contributed by atoms with van der Waals surface area (Å²) in [6.45, 7) is 6.79. The highest BCUT2D eigenvalue weighted by Crippen LogP contribution is 2.44. The topological polar surface area (TPSA) is 69.0 Å². The highest BCUT2D eigenvalue weighted by molar-refractivity contribution is 9.10. The van der Waals surface area contributed by atoms with E-state index in [4.69, 9.17) is 25.5 Å². The highest BCUT2D eigenvalue weighted by atomic mass is 79.9. The van der Waals surface area contributed by atoms with Crippen molar-refractivity contribution < 1.29 is 18.7 Å². The molecule has 1 aliphatic rings. The van der Waals surface area contributed by atoms with Crippen LogP contribution in [0.3, 0.4) is 0 Å². The molecule has 5 rings (SSSR count). The first-order valence-electron chi connectivity index (χ1n) is 12.1. The molecule has 4 aromatic rings. The SMILES string of the molecule is CCCOc1ccc(C2c3c(oc4ccc(Br)cc4c3=O)C(=O)N2c2ccc(C)c(Cl)c2)cc1OCC. The van der Waals surface area contributed by atoms with Crippen LogP contribution in [0.25, 0.3) is 11.0 Å². The quantitative estimate of drug-likeness (QED) is 0.226. The van der Waals surface area contributed by atoms with E-state index in [0.717, 1.165) is 16.5 Å². The van der Waals surface area contributed by atoms with Gasteiger partial charge in [-0.3, -0.25) is 14.5 Å². The van der Waals surface area contributed by atoms with Gasteiger partial charge in [-0.25, -0.2) is 0 Å². The number of hydrogen-bond acceptors (Lipinski definition) is 5. The second kappa shape index (κ2) is 10.2. The second-order valence-electron chi connectivity index (χ2n) is 8.81. The van der Waals surface area contributed by atoms with Crippen LogP contribution in [0.2, 0.25) is 5.02 Å². The average molecular weight is 583 g/mol. The molecule has 0 N–H and O–H groups in total. The normalized spacial score (nSPS) is 14.8. The van der Waals surface area contributed by atoms with E-state index in [2.05, 4.69) is 15.9 Å². The summed E-state index contributed by atoms with van der Waals surface area (Å²) < 4.78 is 18.6. The first kappa shape index (κ1) is 25.4. The van der Waals surface area contributed by atoms with Crippen molar-refractivity contribution in [3.05, 3.63) is 96.8 Å². The number of aryl methyl sites for hydroxylation is 1. The zero-order valence-corrected chi connectivity index (χ0v) is 23.0. The molecule has 6 nitrogen and oxygen atoms in total. The molecule has 1 aliphatic heterocycles. The molecular formula is C29H25BrClNO5. The number of benzene rings is 3. The number of rotatable bonds is 7. The van der Waals surface area contributed by atoms with Gasteiger partial charge in [-0.15, -0.1) is 0 Å². The van der Waals surface area contributed by atoms with E-state index in [0.29, 0.717) is 52.0 Å². The molecule has 0 saturated heterocycles. The molecule has 1 amide bonds. The zero-order chi connectivity index (χ0) is 26.3. The maximum Gasteiger partial charge on any atom is 0.295 e. The van der Waals surface area contributed by atoms with Gasteiger partial charge < -0.3 is 13.9 Å². The third-order valence-electron chi connectivity index (χ3n) is 6.31. The lowest BCUT2D eigenvalue weighted by Gasteiger charge is -2.26. The Kier molecular flexibility index (Phi) is 7.01. The molecule has 0 saturated carbocycles. The molecular weight excluding hydrogens is 558 g/mol. The van der Waals surface area contributed by atoms with E-state index < -0.39 is 11.9 Å². The number of amides is 1. The fraction of sp³-hybridized carbons (Fsp3) is 0.241. The van der Waals surface area contributed by atoms with E-state index >= 15 is 0 Å². The van der Waals surface area contributed by atoms with Crippen LogP contribution in [0.4, 0.5) is 5.69 Å². The van der Waals surface area contributed by atoms with Crippen molar-refractivity contribution >= 4 is 50.1 Å². The number of anilines is 1. The van der Waals surface area contributed by atoms with Gasteiger partial charge in [-0.05, 0) is 73.9 Å². The Morgan fingerprint density at radius 3 is 2.54 bits per heavy atom. The van der Waals surface area contributed by atoms with E-state index in [1.807, 2.05) is 51.1 Å². The number of fused-ring (bicyclic) bond motifs is 2. The molecule has 1 aromatic heterocycles. The summed E-state index contributed by atoms with van der Waals surface area (Å²) in [6.07, 6.45) is 0.851. The summed E-state index contributed by atoms with van der Waals surface area (Å²) in [7, 11) is 0. The smallest absolute Gasteiger partial charge is 0.295 e. The summed E-state index contributed by atoms with van der Waals surface area (Å²) >= 11 is 9.88. The first-order valence-corrected chi connectivity index (χ1v) is 13.3. The van der Waals surface area contributed by atoms with Gasteiger partial charge in [0.05, 0.1) is 30.2 Å². The van der Waals surface area contributed by atoms with Gasteiger partial charge >= 0.3 is 0 Å². The lowest BCUT2D eigenvalue weighted by molar-refractivity contribution is 0.0971. The number of halogens is 2. The Balaban J connectivity index is 1.76. The van der Waals surface area contributed by atoms with Crippen molar-refractivity contribution in [3.63, 3.8) is 0 Å². The standard InChI is InChI=1S/C29H25BrClNO5/c1-4-12-36-23-10-7-17(13-24(23)35-5-2)26-25-27(33)20-14-18(30)8-11-22(20)37-28(25)29(34)32(26)19-9-6-16(3)21(31)15-19/h6-11,13-15,26H,4-5,12H2,1-3H3. The Hall–Kier alpha value is -3.29. The molecule has 0 aliphatic carbocycles. The van der Waals surface area contributed by atoms with Crippen LogP contribution in [0.5, 0.6) is 11.5 Å². The van der Waals surface area contributed by atoms with Crippen molar-refractivity contribution in [1.82, 2.24) is 0 Å². The van der Waals surface area contributed by atoms with Crippen LogP contribution >= 0.6 is 27.5 Å². The zero-order valence-electron chi connectivity index (χ0n) is 20.6. The third-order valence-corrected chi connectivity index (χ3v) is 7.21. The molecule has 0 bridgehead atoms. The van der Waals surface area contributed by atoms with E-state index in [9.17, 15) is 9.59 Å². The van der Waals surface area contributed by atoms with Gasteiger partial charge in [0, 0.05) is 15.2 Å².